The molecule has 2 unspecified atom stereocenters. The SMILES string of the molecule is CC(C#N)Oc1nn(CCO)c2c1/C=C/c1nn(C3CCCCO3)c3cc(F)c(cc13)-c1cnn(C)c1O[C@@H](C)CN(C)C2. The lowest BCUT2D eigenvalue weighted by atomic mass is 10.0. The minimum Gasteiger partial charge on any atom is -0.473 e. The number of aryl methyl sites for hydroxylation is 1. The number of fused-ring (bicyclic) bond motifs is 4. The number of nitrogens with zero attached hydrogens (tertiary/aromatic N) is 8. The Hall–Kier alpha value is -4.25. The Morgan fingerprint density at radius 3 is 2.80 bits per heavy atom. The fourth-order valence-electron chi connectivity index (χ4n) is 5.93. The number of nitriles is 1. The summed E-state index contributed by atoms with van der Waals surface area (Å²) in [6.45, 7) is 5.32. The maximum Gasteiger partial charge on any atom is 0.241 e. The van der Waals surface area contributed by atoms with E-state index < -0.39 is 11.9 Å². The van der Waals surface area contributed by atoms with Crippen molar-refractivity contribution in [2.75, 3.05) is 26.8 Å². The number of rotatable bonds is 5. The van der Waals surface area contributed by atoms with Crippen molar-refractivity contribution in [1.29, 1.82) is 5.26 Å². The van der Waals surface area contributed by atoms with Gasteiger partial charge in [-0.15, -0.1) is 5.10 Å². The van der Waals surface area contributed by atoms with Crippen LogP contribution in [0.5, 0.6) is 11.8 Å². The Kier molecular flexibility index (Phi) is 8.40. The molecule has 1 aromatic carbocycles. The van der Waals surface area contributed by atoms with E-state index in [0.717, 1.165) is 30.3 Å². The Morgan fingerprint density at radius 1 is 1.20 bits per heavy atom. The number of halogens is 1. The van der Waals surface area contributed by atoms with Gasteiger partial charge in [0.2, 0.25) is 11.8 Å². The standard InChI is InChI=1S/C31H37FN8O4/c1-19(15-33)43-30-21-8-9-26-23-13-22(25(32)14-27(23)40(35-26)29-7-5-6-12-42-29)24-16-34-38(4)31(24)44-20(2)17-37(3)18-28(21)39(36-30)10-11-41/h8-9,13-14,16,19-20,29,41H,5-7,10-12,17-18H2,1-4H3/b9-8+/t19?,20-,29?/m0/s1. The molecule has 3 atom stereocenters. The first-order valence-electron chi connectivity index (χ1n) is 14.9. The average molecular weight is 605 g/mol. The second-order valence-electron chi connectivity index (χ2n) is 11.4. The number of hydrogen-bond donors (Lipinski definition) is 1. The lowest BCUT2D eigenvalue weighted by Crippen LogP contribution is -2.32. The number of hydrogen-bond acceptors (Lipinski definition) is 9. The van der Waals surface area contributed by atoms with Crippen LogP contribution in [0, 0.1) is 17.1 Å². The zero-order chi connectivity index (χ0) is 31.0. The summed E-state index contributed by atoms with van der Waals surface area (Å²) in [7, 11) is 3.73. The molecule has 13 heteroatoms. The number of aliphatic hydroxyl groups is 1. The summed E-state index contributed by atoms with van der Waals surface area (Å²) in [6.07, 6.45) is 6.76. The highest BCUT2D eigenvalue weighted by Gasteiger charge is 2.26. The van der Waals surface area contributed by atoms with Gasteiger partial charge in [-0.3, -0.25) is 9.58 Å². The van der Waals surface area contributed by atoms with E-state index in [1.165, 1.54) is 6.07 Å². The van der Waals surface area contributed by atoms with Gasteiger partial charge >= 0.3 is 0 Å². The van der Waals surface area contributed by atoms with Gasteiger partial charge in [0.05, 0.1) is 47.4 Å². The molecule has 0 saturated carbocycles. The van der Waals surface area contributed by atoms with Crippen molar-refractivity contribution in [3.05, 3.63) is 41.1 Å². The highest BCUT2D eigenvalue weighted by Crippen LogP contribution is 2.38. The predicted molar refractivity (Wildman–Crippen MR) is 161 cm³/mol. The van der Waals surface area contributed by atoms with E-state index in [4.69, 9.17) is 19.3 Å². The molecule has 1 N–H and O–H groups in total. The summed E-state index contributed by atoms with van der Waals surface area (Å²) in [4.78, 5) is 2.08. The minimum absolute atomic E-state index is 0.123. The summed E-state index contributed by atoms with van der Waals surface area (Å²) in [5.74, 6) is 0.335. The molecule has 1 saturated heterocycles. The molecule has 5 heterocycles. The quantitative estimate of drug-likeness (QED) is 0.357. The Bertz CT molecular complexity index is 1730. The molecule has 0 spiro atoms. The van der Waals surface area contributed by atoms with Crippen molar-refractivity contribution in [2.24, 2.45) is 7.05 Å². The molecule has 2 aliphatic rings. The second-order valence-corrected chi connectivity index (χ2v) is 11.4. The Labute approximate surface area is 254 Å². The minimum atomic E-state index is -0.742. The topological polar surface area (TPSA) is 128 Å². The van der Waals surface area contributed by atoms with Gasteiger partial charge in [-0.25, -0.2) is 13.8 Å². The normalized spacial score (nSPS) is 20.7. The number of benzene rings is 1. The van der Waals surface area contributed by atoms with Gasteiger partial charge in [-0.1, -0.05) is 0 Å². The Balaban J connectivity index is 1.58. The maximum absolute atomic E-state index is 16.0. The summed E-state index contributed by atoms with van der Waals surface area (Å²) < 4.78 is 39.4. The van der Waals surface area contributed by atoms with Crippen molar-refractivity contribution < 1.29 is 23.7 Å². The van der Waals surface area contributed by atoms with Gasteiger partial charge in [-0.05, 0) is 58.4 Å². The van der Waals surface area contributed by atoms with Crippen LogP contribution in [-0.2, 0) is 24.9 Å². The molecule has 12 nitrogen and oxygen atoms in total. The second kappa shape index (κ2) is 12.4. The molecule has 232 valence electrons. The van der Waals surface area contributed by atoms with Crippen LogP contribution in [0.2, 0.25) is 0 Å². The third-order valence-corrected chi connectivity index (χ3v) is 7.98. The average Bonchev–Trinajstić information content (AvgIpc) is 3.64. The van der Waals surface area contributed by atoms with E-state index in [2.05, 4.69) is 21.2 Å². The van der Waals surface area contributed by atoms with Gasteiger partial charge in [0.15, 0.2) is 12.3 Å². The van der Waals surface area contributed by atoms with Crippen LogP contribution in [0.25, 0.3) is 34.2 Å². The number of likely N-dealkylation sites (N-methyl/N-ethyl adjacent to an activating group) is 1. The molecule has 0 radical (unpaired) electrons. The summed E-state index contributed by atoms with van der Waals surface area (Å²) in [5, 5.41) is 34.0. The van der Waals surface area contributed by atoms with Gasteiger partial charge in [0.1, 0.15) is 18.0 Å². The molecule has 44 heavy (non-hydrogen) atoms. The molecule has 0 amide bonds. The lowest BCUT2D eigenvalue weighted by molar-refractivity contribution is -0.0367. The summed E-state index contributed by atoms with van der Waals surface area (Å²) in [5.41, 5.74) is 3.61. The van der Waals surface area contributed by atoms with Gasteiger partial charge in [-0.2, -0.15) is 15.5 Å². The molecule has 2 bridgehead atoms. The molecule has 3 aromatic heterocycles. The third-order valence-electron chi connectivity index (χ3n) is 7.98. The zero-order valence-corrected chi connectivity index (χ0v) is 25.4. The number of aromatic nitrogens is 6. The van der Waals surface area contributed by atoms with Crippen LogP contribution in [0.4, 0.5) is 4.39 Å². The third kappa shape index (κ3) is 5.68. The molecular formula is C31H37FN8O4. The summed E-state index contributed by atoms with van der Waals surface area (Å²) >= 11 is 0. The molecule has 0 aliphatic carbocycles. The first kappa shape index (κ1) is 29.8. The fourth-order valence-corrected chi connectivity index (χ4v) is 5.93. The highest BCUT2D eigenvalue weighted by atomic mass is 19.1. The van der Waals surface area contributed by atoms with Gasteiger partial charge in [0.25, 0.3) is 0 Å². The van der Waals surface area contributed by atoms with Crippen LogP contribution in [0.3, 0.4) is 0 Å². The van der Waals surface area contributed by atoms with E-state index in [1.807, 2.05) is 26.1 Å². The van der Waals surface area contributed by atoms with Crippen LogP contribution in [-0.4, -0.2) is 78.4 Å². The van der Waals surface area contributed by atoms with Crippen LogP contribution < -0.4 is 9.47 Å². The fraction of sp³-hybridized carbons (Fsp3) is 0.484. The van der Waals surface area contributed by atoms with Crippen molar-refractivity contribution in [3.63, 3.8) is 0 Å². The lowest BCUT2D eigenvalue weighted by Gasteiger charge is -2.24. The molecule has 4 aromatic rings. The molecular weight excluding hydrogens is 567 g/mol. The maximum atomic E-state index is 16.0. The number of ether oxygens (including phenoxy) is 3. The van der Waals surface area contributed by atoms with E-state index in [-0.39, 0.29) is 31.4 Å². The first-order valence-corrected chi connectivity index (χ1v) is 14.9. The smallest absolute Gasteiger partial charge is 0.241 e. The van der Waals surface area contributed by atoms with E-state index in [1.54, 1.807) is 40.3 Å². The van der Waals surface area contributed by atoms with Crippen molar-refractivity contribution in [3.8, 4) is 29.0 Å². The van der Waals surface area contributed by atoms with Crippen molar-refractivity contribution in [2.45, 2.75) is 64.6 Å². The van der Waals surface area contributed by atoms with Crippen LogP contribution in [0.1, 0.15) is 56.3 Å². The summed E-state index contributed by atoms with van der Waals surface area (Å²) in [6, 6.07) is 5.40. The van der Waals surface area contributed by atoms with Gasteiger partial charge < -0.3 is 19.3 Å². The van der Waals surface area contributed by atoms with Crippen LogP contribution >= 0.6 is 0 Å². The van der Waals surface area contributed by atoms with Gasteiger partial charge in [0, 0.05) is 43.8 Å². The Morgan fingerprint density at radius 2 is 2.05 bits per heavy atom. The molecule has 6 rings (SSSR count). The van der Waals surface area contributed by atoms with E-state index in [0.29, 0.717) is 53.5 Å². The van der Waals surface area contributed by atoms with E-state index in [9.17, 15) is 10.4 Å². The van der Waals surface area contributed by atoms with Crippen LogP contribution in [0.15, 0.2) is 18.3 Å². The highest BCUT2D eigenvalue weighted by molar-refractivity contribution is 5.94. The van der Waals surface area contributed by atoms with Crippen molar-refractivity contribution >= 4 is 23.1 Å². The van der Waals surface area contributed by atoms with Crippen molar-refractivity contribution in [1.82, 2.24) is 34.2 Å². The molecule has 1 fully saturated rings. The monoisotopic (exact) mass is 604 g/mol. The predicted octanol–water partition coefficient (Wildman–Crippen LogP) is 4.14. The molecule has 2 aliphatic heterocycles. The zero-order valence-electron chi connectivity index (χ0n) is 25.4. The number of aliphatic hydroxyl groups excluding tert-OH is 1. The largest absolute Gasteiger partial charge is 0.473 e. The first-order chi connectivity index (χ1) is 21.3. The van der Waals surface area contributed by atoms with E-state index >= 15 is 4.39 Å².